The molecule has 15 heavy (non-hydrogen) atoms. The van der Waals surface area contributed by atoms with Crippen LogP contribution in [0.25, 0.3) is 0 Å². The third-order valence-electron chi connectivity index (χ3n) is 1.92. The van der Waals surface area contributed by atoms with Gasteiger partial charge in [0, 0.05) is 5.69 Å². The van der Waals surface area contributed by atoms with Gasteiger partial charge in [0.1, 0.15) is 0 Å². The average Bonchev–Trinajstić information content (AvgIpc) is 2.15. The van der Waals surface area contributed by atoms with Crippen LogP contribution in [0.2, 0.25) is 0 Å². The minimum Gasteiger partial charge on any atom is -0.325 e. The van der Waals surface area contributed by atoms with Gasteiger partial charge >= 0.3 is 0 Å². The van der Waals surface area contributed by atoms with E-state index < -0.39 is 10.2 Å². The molecule has 1 heterocycles. The molecule has 2 rings (SSSR count). The van der Waals surface area contributed by atoms with Crippen molar-refractivity contribution in [3.05, 3.63) is 29.8 Å². The van der Waals surface area contributed by atoms with Gasteiger partial charge in [-0.1, -0.05) is 18.2 Å². The van der Waals surface area contributed by atoms with Gasteiger partial charge in [0.15, 0.2) is 0 Å². The highest BCUT2D eigenvalue weighted by Crippen LogP contribution is 2.18. The standard InChI is InChI=1S/C8H10N4O2S/c9-15(13,14)12-8-10-5-6-3-1-2-4-7(6)11-8/h1-4H,5H2,(H2,9,13,14)(H2,10,11,12). The van der Waals surface area contributed by atoms with Crippen LogP contribution < -0.4 is 15.2 Å². The molecule has 1 aliphatic rings. The second kappa shape index (κ2) is 3.52. The van der Waals surface area contributed by atoms with Crippen molar-refractivity contribution in [2.45, 2.75) is 6.54 Å². The molecule has 6 nitrogen and oxygen atoms in total. The third kappa shape index (κ3) is 2.45. The van der Waals surface area contributed by atoms with E-state index in [-0.39, 0.29) is 5.96 Å². The van der Waals surface area contributed by atoms with Gasteiger partial charge in [-0.2, -0.15) is 8.42 Å². The van der Waals surface area contributed by atoms with Gasteiger partial charge in [-0.25, -0.2) is 14.9 Å². The smallest absolute Gasteiger partial charge is 0.298 e. The summed E-state index contributed by atoms with van der Waals surface area (Å²) in [6.07, 6.45) is 0. The van der Waals surface area contributed by atoms with E-state index in [1.54, 1.807) is 0 Å². The Labute approximate surface area is 87.4 Å². The third-order valence-corrected chi connectivity index (χ3v) is 2.39. The van der Waals surface area contributed by atoms with E-state index in [9.17, 15) is 8.42 Å². The predicted molar refractivity (Wildman–Crippen MR) is 57.4 cm³/mol. The van der Waals surface area contributed by atoms with Gasteiger partial charge in [-0.05, 0) is 11.6 Å². The summed E-state index contributed by atoms with van der Waals surface area (Å²) in [6, 6.07) is 7.51. The first-order valence-corrected chi connectivity index (χ1v) is 5.79. The van der Waals surface area contributed by atoms with Crippen LogP contribution in [0, 0.1) is 0 Å². The van der Waals surface area contributed by atoms with Crippen LogP contribution in [0.15, 0.2) is 29.3 Å². The van der Waals surface area contributed by atoms with Crippen molar-refractivity contribution in [3.63, 3.8) is 0 Å². The van der Waals surface area contributed by atoms with Crippen LogP contribution in [0.3, 0.4) is 0 Å². The Morgan fingerprint density at radius 1 is 1.40 bits per heavy atom. The zero-order valence-electron chi connectivity index (χ0n) is 7.77. The molecule has 0 amide bonds. The van der Waals surface area contributed by atoms with Crippen molar-refractivity contribution in [1.29, 1.82) is 0 Å². The highest BCUT2D eigenvalue weighted by atomic mass is 32.2. The normalized spacial score (nSPS) is 14.9. The number of nitrogens with one attached hydrogen (secondary N) is 2. The number of rotatable bonds is 1. The molecule has 0 atom stereocenters. The summed E-state index contributed by atoms with van der Waals surface area (Å²) in [4.78, 5) is 3.99. The van der Waals surface area contributed by atoms with Crippen LogP contribution in [0.4, 0.5) is 5.69 Å². The number of hydrogen-bond acceptors (Lipinski definition) is 4. The number of benzene rings is 1. The summed E-state index contributed by atoms with van der Waals surface area (Å²) in [7, 11) is -3.77. The predicted octanol–water partition coefficient (Wildman–Crippen LogP) is -0.239. The van der Waals surface area contributed by atoms with Crippen molar-refractivity contribution in [3.8, 4) is 0 Å². The monoisotopic (exact) mass is 226 g/mol. The molecular weight excluding hydrogens is 216 g/mol. The molecule has 1 aliphatic heterocycles. The quantitative estimate of drug-likeness (QED) is 0.616. The van der Waals surface area contributed by atoms with Gasteiger partial charge in [0.25, 0.3) is 10.2 Å². The molecule has 1 aromatic carbocycles. The fraction of sp³-hybridized carbons (Fsp3) is 0.125. The molecule has 0 fully saturated rings. The maximum Gasteiger partial charge on any atom is 0.298 e. The SMILES string of the molecule is NS(=O)(=O)NC1=NCc2ccccc2N1. The Bertz CT molecular complexity index is 509. The lowest BCUT2D eigenvalue weighted by Crippen LogP contribution is -2.41. The Morgan fingerprint density at radius 2 is 2.13 bits per heavy atom. The second-order valence-electron chi connectivity index (χ2n) is 3.09. The molecule has 0 bridgehead atoms. The van der Waals surface area contributed by atoms with Gasteiger partial charge in [0.05, 0.1) is 6.54 Å². The highest BCUT2D eigenvalue weighted by Gasteiger charge is 2.13. The van der Waals surface area contributed by atoms with E-state index in [0.29, 0.717) is 6.54 Å². The van der Waals surface area contributed by atoms with Crippen molar-refractivity contribution in [2.75, 3.05) is 5.32 Å². The fourth-order valence-corrected chi connectivity index (χ4v) is 1.69. The molecule has 0 spiro atoms. The minimum atomic E-state index is -3.77. The molecule has 1 aromatic rings. The highest BCUT2D eigenvalue weighted by molar-refractivity contribution is 7.87. The lowest BCUT2D eigenvalue weighted by atomic mass is 10.1. The maximum absolute atomic E-state index is 10.8. The topological polar surface area (TPSA) is 96.6 Å². The van der Waals surface area contributed by atoms with Gasteiger partial charge in [-0.3, -0.25) is 0 Å². The van der Waals surface area contributed by atoms with Crippen LogP contribution in [0.1, 0.15) is 5.56 Å². The van der Waals surface area contributed by atoms with E-state index in [4.69, 9.17) is 5.14 Å². The Hall–Kier alpha value is -1.60. The van der Waals surface area contributed by atoms with Crippen molar-refractivity contribution in [2.24, 2.45) is 10.1 Å². The van der Waals surface area contributed by atoms with Crippen LogP contribution in [0.5, 0.6) is 0 Å². The largest absolute Gasteiger partial charge is 0.325 e. The summed E-state index contributed by atoms with van der Waals surface area (Å²) >= 11 is 0. The number of nitrogens with two attached hydrogens (primary N) is 1. The first kappa shape index (κ1) is 9.94. The Kier molecular flexibility index (Phi) is 2.33. The Balaban J connectivity index is 2.20. The summed E-state index contributed by atoms with van der Waals surface area (Å²) in [5, 5.41) is 7.66. The summed E-state index contributed by atoms with van der Waals surface area (Å²) < 4.78 is 23.6. The fourth-order valence-electron chi connectivity index (χ4n) is 1.30. The molecule has 0 unspecified atom stereocenters. The first-order chi connectivity index (χ1) is 7.04. The number of hydrogen-bond donors (Lipinski definition) is 3. The molecule has 4 N–H and O–H groups in total. The molecule has 0 aliphatic carbocycles. The lowest BCUT2D eigenvalue weighted by molar-refractivity contribution is 0.594. The lowest BCUT2D eigenvalue weighted by Gasteiger charge is -2.17. The maximum atomic E-state index is 10.8. The van der Waals surface area contributed by atoms with Crippen LogP contribution >= 0.6 is 0 Å². The van der Waals surface area contributed by atoms with Crippen molar-refractivity contribution in [1.82, 2.24) is 4.72 Å². The molecule has 0 saturated carbocycles. The molecule has 7 heteroatoms. The van der Waals surface area contributed by atoms with Gasteiger partial charge in [-0.15, -0.1) is 0 Å². The van der Waals surface area contributed by atoms with Gasteiger partial charge < -0.3 is 5.32 Å². The van der Waals surface area contributed by atoms with Gasteiger partial charge in [0.2, 0.25) is 5.96 Å². The second-order valence-corrected chi connectivity index (χ2v) is 4.39. The van der Waals surface area contributed by atoms with Crippen molar-refractivity contribution >= 4 is 21.9 Å². The van der Waals surface area contributed by atoms with Crippen LogP contribution in [-0.2, 0) is 16.8 Å². The molecule has 0 aromatic heterocycles. The number of nitrogens with zero attached hydrogens (tertiary/aromatic N) is 1. The molecule has 0 radical (unpaired) electrons. The first-order valence-electron chi connectivity index (χ1n) is 4.24. The van der Waals surface area contributed by atoms with Crippen molar-refractivity contribution < 1.29 is 8.42 Å². The molecule has 80 valence electrons. The summed E-state index contributed by atoms with van der Waals surface area (Å²) in [5.74, 6) is 0.149. The average molecular weight is 226 g/mol. The van der Waals surface area contributed by atoms with E-state index in [0.717, 1.165) is 11.3 Å². The zero-order chi connectivity index (χ0) is 10.9. The number of fused-ring (bicyclic) bond motifs is 1. The summed E-state index contributed by atoms with van der Waals surface area (Å²) in [5.41, 5.74) is 1.84. The van der Waals surface area contributed by atoms with Crippen LogP contribution in [-0.4, -0.2) is 14.4 Å². The van der Waals surface area contributed by atoms with E-state index >= 15 is 0 Å². The zero-order valence-corrected chi connectivity index (χ0v) is 8.58. The van der Waals surface area contributed by atoms with E-state index in [2.05, 4.69) is 15.0 Å². The number of para-hydroxylation sites is 1. The molecular formula is C8H10N4O2S. The number of aliphatic imine (C=N–C) groups is 1. The number of anilines is 1. The Morgan fingerprint density at radius 3 is 2.87 bits per heavy atom. The van der Waals surface area contributed by atoms with E-state index in [1.807, 2.05) is 24.3 Å². The number of guanidine groups is 1. The van der Waals surface area contributed by atoms with E-state index in [1.165, 1.54) is 0 Å². The minimum absolute atomic E-state index is 0.149. The summed E-state index contributed by atoms with van der Waals surface area (Å²) in [6.45, 7) is 0.432. The molecule has 0 saturated heterocycles.